The maximum Gasteiger partial charge on any atom is 0.291 e. The molecule has 0 unspecified atom stereocenters. The van der Waals surface area contributed by atoms with E-state index in [1.807, 2.05) is 18.2 Å². The number of carbonyl (C=O) groups excluding carboxylic acids is 1. The molecule has 3 aromatic rings. The number of rotatable bonds is 7. The zero-order chi connectivity index (χ0) is 22.7. The molecule has 7 nitrogen and oxygen atoms in total. The van der Waals surface area contributed by atoms with Gasteiger partial charge in [-0.15, -0.1) is 11.3 Å². The molecule has 3 heterocycles. The molecule has 0 radical (unpaired) electrons. The molecule has 32 heavy (non-hydrogen) atoms. The quantitative estimate of drug-likeness (QED) is 0.558. The first-order valence-corrected chi connectivity index (χ1v) is 11.3. The molecule has 0 saturated carbocycles. The van der Waals surface area contributed by atoms with Crippen LogP contribution >= 0.6 is 11.3 Å². The predicted molar refractivity (Wildman–Crippen MR) is 124 cm³/mol. The van der Waals surface area contributed by atoms with Crippen molar-refractivity contribution in [3.05, 3.63) is 63.9 Å². The average molecular weight is 457 g/mol. The maximum atomic E-state index is 12.8. The first-order valence-electron chi connectivity index (χ1n) is 10.5. The van der Waals surface area contributed by atoms with Crippen LogP contribution < -0.4 is 14.8 Å². The van der Waals surface area contributed by atoms with Gasteiger partial charge < -0.3 is 23.9 Å². The third-order valence-electron chi connectivity index (χ3n) is 5.82. The molecule has 4 rings (SSSR count). The molecule has 1 N–H and O–H groups in total. The van der Waals surface area contributed by atoms with Crippen molar-refractivity contribution in [1.82, 2.24) is 4.90 Å². The number of aryl methyl sites for hydroxylation is 1. The lowest BCUT2D eigenvalue weighted by Gasteiger charge is -2.36. The Bertz CT molecular complexity index is 1070. The van der Waals surface area contributed by atoms with E-state index in [0.717, 1.165) is 51.2 Å². The van der Waals surface area contributed by atoms with Gasteiger partial charge in [-0.2, -0.15) is 0 Å². The number of nitrogens with zero attached hydrogens (tertiary/aromatic N) is 1. The van der Waals surface area contributed by atoms with E-state index in [0.29, 0.717) is 13.2 Å². The van der Waals surface area contributed by atoms with Crippen LogP contribution in [0.5, 0.6) is 11.5 Å². The second-order valence-electron chi connectivity index (χ2n) is 7.62. The lowest BCUT2D eigenvalue weighted by atomic mass is 9.93. The molecule has 1 aliphatic rings. The summed E-state index contributed by atoms with van der Waals surface area (Å²) in [6, 6.07) is 9.07. The van der Waals surface area contributed by atoms with E-state index >= 15 is 0 Å². The van der Waals surface area contributed by atoms with Gasteiger partial charge in [-0.3, -0.25) is 9.69 Å². The summed E-state index contributed by atoms with van der Waals surface area (Å²) in [6.45, 7) is 7.02. The number of benzene rings is 1. The minimum absolute atomic E-state index is 0.138. The maximum absolute atomic E-state index is 12.8. The number of amides is 1. The third-order valence-corrected chi connectivity index (χ3v) is 6.96. The molecule has 1 fully saturated rings. The fourth-order valence-electron chi connectivity index (χ4n) is 4.06. The Morgan fingerprint density at radius 3 is 2.59 bits per heavy atom. The second-order valence-corrected chi connectivity index (χ2v) is 8.84. The van der Waals surface area contributed by atoms with E-state index in [1.165, 1.54) is 6.26 Å². The Morgan fingerprint density at radius 2 is 1.94 bits per heavy atom. The summed E-state index contributed by atoms with van der Waals surface area (Å²) in [7, 11) is 3.33. The van der Waals surface area contributed by atoms with E-state index in [9.17, 15) is 4.79 Å². The molecule has 1 amide bonds. The summed E-state index contributed by atoms with van der Waals surface area (Å²) < 4.78 is 22.2. The van der Waals surface area contributed by atoms with Gasteiger partial charge in [0.25, 0.3) is 5.91 Å². The number of morpholine rings is 1. The summed E-state index contributed by atoms with van der Waals surface area (Å²) in [5, 5.41) is 3.89. The SMILES string of the molecule is COc1ccc(OC)c([C@H](c2c(NC(=O)c3ccco3)sc(C)c2C)N2CCOCC2)c1. The Balaban J connectivity index is 1.84. The largest absolute Gasteiger partial charge is 0.497 e. The van der Waals surface area contributed by atoms with E-state index in [-0.39, 0.29) is 17.7 Å². The van der Waals surface area contributed by atoms with Crippen LogP contribution in [0.25, 0.3) is 0 Å². The molecular formula is C24H28N2O5S. The molecule has 8 heteroatoms. The van der Waals surface area contributed by atoms with Crippen molar-refractivity contribution in [3.63, 3.8) is 0 Å². The summed E-state index contributed by atoms with van der Waals surface area (Å²) in [4.78, 5) is 16.4. The number of carbonyl (C=O) groups is 1. The van der Waals surface area contributed by atoms with Gasteiger partial charge in [-0.1, -0.05) is 0 Å². The normalized spacial score (nSPS) is 15.4. The number of thiophene rings is 1. The fourth-order valence-corrected chi connectivity index (χ4v) is 5.15. The van der Waals surface area contributed by atoms with Crippen LogP contribution in [0.4, 0.5) is 5.00 Å². The number of hydrogen-bond donors (Lipinski definition) is 1. The molecule has 0 aliphatic carbocycles. The number of nitrogens with one attached hydrogen (secondary N) is 1. The van der Waals surface area contributed by atoms with Gasteiger partial charge in [-0.05, 0) is 49.7 Å². The van der Waals surface area contributed by atoms with Gasteiger partial charge in [0.15, 0.2) is 5.76 Å². The second kappa shape index (κ2) is 9.77. The van der Waals surface area contributed by atoms with E-state index in [2.05, 4.69) is 24.1 Å². The summed E-state index contributed by atoms with van der Waals surface area (Å²) >= 11 is 1.57. The predicted octanol–water partition coefficient (Wildman–Crippen LogP) is 4.65. The number of hydrogen-bond acceptors (Lipinski definition) is 7. The van der Waals surface area contributed by atoms with Gasteiger partial charge in [0.05, 0.1) is 39.7 Å². The van der Waals surface area contributed by atoms with Crippen molar-refractivity contribution in [2.45, 2.75) is 19.9 Å². The van der Waals surface area contributed by atoms with Crippen LogP contribution in [-0.4, -0.2) is 51.3 Å². The van der Waals surface area contributed by atoms with Crippen LogP contribution in [0, 0.1) is 13.8 Å². The number of anilines is 1. The van der Waals surface area contributed by atoms with Gasteiger partial charge >= 0.3 is 0 Å². The first kappa shape index (κ1) is 22.4. The monoisotopic (exact) mass is 456 g/mol. The van der Waals surface area contributed by atoms with Crippen LogP contribution in [0.1, 0.15) is 38.2 Å². The highest BCUT2D eigenvalue weighted by Gasteiger charge is 2.33. The lowest BCUT2D eigenvalue weighted by Crippen LogP contribution is -2.40. The Labute approximate surface area is 191 Å². The molecule has 0 spiro atoms. The molecule has 0 bridgehead atoms. The molecule has 170 valence electrons. The summed E-state index contributed by atoms with van der Waals surface area (Å²) in [5.74, 6) is 1.54. The van der Waals surface area contributed by atoms with E-state index in [1.54, 1.807) is 37.7 Å². The van der Waals surface area contributed by atoms with Crippen LogP contribution in [-0.2, 0) is 4.74 Å². The summed E-state index contributed by atoms with van der Waals surface area (Å²) in [5.41, 5.74) is 3.19. The van der Waals surface area contributed by atoms with Gasteiger partial charge in [-0.25, -0.2) is 0 Å². The van der Waals surface area contributed by atoms with Crippen molar-refractivity contribution in [1.29, 1.82) is 0 Å². The van der Waals surface area contributed by atoms with E-state index in [4.69, 9.17) is 18.6 Å². The minimum Gasteiger partial charge on any atom is -0.497 e. The van der Waals surface area contributed by atoms with E-state index < -0.39 is 0 Å². The smallest absolute Gasteiger partial charge is 0.291 e. The Kier molecular flexibility index (Phi) is 6.83. The number of methoxy groups -OCH3 is 2. The summed E-state index contributed by atoms with van der Waals surface area (Å²) in [6.07, 6.45) is 1.50. The topological polar surface area (TPSA) is 73.2 Å². The molecule has 1 aromatic carbocycles. The zero-order valence-electron chi connectivity index (χ0n) is 18.8. The van der Waals surface area contributed by atoms with Gasteiger partial charge in [0, 0.05) is 29.1 Å². The van der Waals surface area contributed by atoms with Crippen molar-refractivity contribution >= 4 is 22.2 Å². The number of furan rings is 1. The highest BCUT2D eigenvalue weighted by molar-refractivity contribution is 7.16. The molecule has 1 atom stereocenters. The molecular weight excluding hydrogens is 428 g/mol. The highest BCUT2D eigenvalue weighted by atomic mass is 32.1. The number of ether oxygens (including phenoxy) is 3. The van der Waals surface area contributed by atoms with Gasteiger partial charge in [0.2, 0.25) is 0 Å². The van der Waals surface area contributed by atoms with Gasteiger partial charge in [0.1, 0.15) is 16.5 Å². The van der Waals surface area contributed by atoms with Crippen molar-refractivity contribution in [2.24, 2.45) is 0 Å². The first-order chi connectivity index (χ1) is 15.5. The molecule has 1 saturated heterocycles. The van der Waals surface area contributed by atoms with Crippen molar-refractivity contribution in [3.8, 4) is 11.5 Å². The van der Waals surface area contributed by atoms with Crippen LogP contribution in [0.15, 0.2) is 41.0 Å². The van der Waals surface area contributed by atoms with Crippen LogP contribution in [0.2, 0.25) is 0 Å². The zero-order valence-corrected chi connectivity index (χ0v) is 19.6. The third kappa shape index (κ3) is 4.39. The highest BCUT2D eigenvalue weighted by Crippen LogP contribution is 2.45. The Morgan fingerprint density at radius 1 is 1.16 bits per heavy atom. The van der Waals surface area contributed by atoms with Crippen molar-refractivity contribution in [2.75, 3.05) is 45.8 Å². The lowest BCUT2D eigenvalue weighted by molar-refractivity contribution is 0.0236. The minimum atomic E-state index is -0.268. The molecule has 1 aliphatic heterocycles. The Hall–Kier alpha value is -2.81. The standard InChI is InChI=1S/C24H28N2O5S/c1-15-16(2)32-24(25-23(27)20-6-5-11-31-20)21(15)22(26-9-12-30-13-10-26)18-14-17(28-3)7-8-19(18)29-4/h5-8,11,14,22H,9-10,12-13H2,1-4H3,(H,25,27)/t22-/m1/s1. The average Bonchev–Trinajstić information content (AvgIpc) is 3.45. The molecule has 2 aromatic heterocycles. The van der Waals surface area contributed by atoms with Crippen LogP contribution in [0.3, 0.4) is 0 Å². The fraction of sp³-hybridized carbons (Fsp3) is 0.375. The van der Waals surface area contributed by atoms with Crippen molar-refractivity contribution < 1.29 is 23.4 Å².